The van der Waals surface area contributed by atoms with Crippen molar-refractivity contribution in [3.63, 3.8) is 0 Å². The van der Waals surface area contributed by atoms with E-state index in [1.54, 1.807) is 12.1 Å². The van der Waals surface area contributed by atoms with Gasteiger partial charge in [0.25, 0.3) is 0 Å². The van der Waals surface area contributed by atoms with E-state index in [0.29, 0.717) is 23.1 Å². The van der Waals surface area contributed by atoms with Gasteiger partial charge in [0.2, 0.25) is 0 Å². The van der Waals surface area contributed by atoms with Crippen LogP contribution in [0.5, 0.6) is 5.75 Å². The zero-order valence-corrected chi connectivity index (χ0v) is 14.8. The molecular weight excluding hydrogens is 316 g/mol. The largest absolute Gasteiger partial charge is 0.507 e. The van der Waals surface area contributed by atoms with Crippen LogP contribution in [0.1, 0.15) is 6.92 Å². The molecule has 1 aliphatic heterocycles. The van der Waals surface area contributed by atoms with Crippen LogP contribution in [0.25, 0.3) is 11.3 Å². The van der Waals surface area contributed by atoms with E-state index in [4.69, 9.17) is 5.73 Å². The number of para-hydroxylation sites is 1. The first kappa shape index (κ1) is 17.4. The average Bonchev–Trinajstić information content (AvgIpc) is 2.62. The average molecular weight is 342 g/mol. The van der Waals surface area contributed by atoms with Gasteiger partial charge >= 0.3 is 0 Å². The summed E-state index contributed by atoms with van der Waals surface area (Å²) in [6, 6.07) is 9.50. The number of anilines is 2. The molecule has 0 amide bonds. The number of hydrogen-bond acceptors (Lipinski definition) is 7. The first-order chi connectivity index (χ1) is 12.1. The minimum Gasteiger partial charge on any atom is -0.507 e. The molecule has 1 atom stereocenters. The molecule has 4 N–H and O–H groups in total. The maximum Gasteiger partial charge on any atom is 0.169 e. The highest BCUT2D eigenvalue weighted by Gasteiger charge is 2.25. The highest BCUT2D eigenvalue weighted by Crippen LogP contribution is 2.32. The third-order valence-corrected chi connectivity index (χ3v) is 4.74. The molecule has 7 nitrogen and oxygen atoms in total. The fraction of sp³-hybridized carbons (Fsp3) is 0.444. The summed E-state index contributed by atoms with van der Waals surface area (Å²) in [5.74, 6) is 0.618. The number of nitrogens with two attached hydrogens (primary N) is 1. The number of nitrogen functional groups attached to an aromatic ring is 1. The summed E-state index contributed by atoms with van der Waals surface area (Å²) in [5, 5.41) is 21.5. The molecule has 0 radical (unpaired) electrons. The SMILES string of the molecule is CNCCN1CCN(c2cc(-c3ccccc3O)nnc2N)CC1C. The molecular formula is C18H26N6O. The fourth-order valence-corrected chi connectivity index (χ4v) is 3.27. The molecule has 1 aromatic heterocycles. The molecule has 0 spiro atoms. The normalized spacial score (nSPS) is 18.5. The van der Waals surface area contributed by atoms with Gasteiger partial charge in [-0.15, -0.1) is 10.2 Å². The van der Waals surface area contributed by atoms with Gasteiger partial charge in [-0.25, -0.2) is 0 Å². The van der Waals surface area contributed by atoms with Crippen LogP contribution >= 0.6 is 0 Å². The summed E-state index contributed by atoms with van der Waals surface area (Å²) in [6.45, 7) is 7.02. The molecule has 2 aromatic rings. The van der Waals surface area contributed by atoms with Crippen molar-refractivity contribution in [1.29, 1.82) is 0 Å². The Balaban J connectivity index is 1.81. The Morgan fingerprint density at radius 3 is 2.80 bits per heavy atom. The van der Waals surface area contributed by atoms with Crippen LogP contribution in [-0.2, 0) is 0 Å². The maximum atomic E-state index is 10.1. The Labute approximate surface area is 148 Å². The number of hydrogen-bond donors (Lipinski definition) is 3. The third kappa shape index (κ3) is 3.83. The van der Waals surface area contributed by atoms with Crippen LogP contribution in [0.15, 0.2) is 30.3 Å². The van der Waals surface area contributed by atoms with E-state index >= 15 is 0 Å². The van der Waals surface area contributed by atoms with Gasteiger partial charge in [0.15, 0.2) is 5.82 Å². The smallest absolute Gasteiger partial charge is 0.169 e. The summed E-state index contributed by atoms with van der Waals surface area (Å²) in [4.78, 5) is 4.73. The Hall–Kier alpha value is -2.38. The fourth-order valence-electron chi connectivity index (χ4n) is 3.27. The van der Waals surface area contributed by atoms with Gasteiger partial charge in [-0.2, -0.15) is 0 Å². The van der Waals surface area contributed by atoms with Crippen LogP contribution in [0.4, 0.5) is 11.5 Å². The summed E-state index contributed by atoms with van der Waals surface area (Å²) in [6.07, 6.45) is 0. The van der Waals surface area contributed by atoms with Crippen molar-refractivity contribution in [2.45, 2.75) is 13.0 Å². The van der Waals surface area contributed by atoms with E-state index in [2.05, 4.69) is 32.2 Å². The van der Waals surface area contributed by atoms with Gasteiger partial charge in [-0.1, -0.05) is 12.1 Å². The van der Waals surface area contributed by atoms with Crippen LogP contribution in [-0.4, -0.2) is 66.0 Å². The van der Waals surface area contributed by atoms with E-state index in [-0.39, 0.29) is 5.75 Å². The predicted molar refractivity (Wildman–Crippen MR) is 101 cm³/mol. The molecule has 1 saturated heterocycles. The molecule has 0 saturated carbocycles. The number of piperazine rings is 1. The van der Waals surface area contributed by atoms with Gasteiger partial charge in [-0.05, 0) is 32.2 Å². The van der Waals surface area contributed by atoms with Crippen molar-refractivity contribution in [3.05, 3.63) is 30.3 Å². The molecule has 134 valence electrons. The van der Waals surface area contributed by atoms with Crippen molar-refractivity contribution in [2.75, 3.05) is 50.4 Å². The molecule has 0 aliphatic carbocycles. The molecule has 1 unspecified atom stereocenters. The predicted octanol–water partition coefficient (Wildman–Crippen LogP) is 1.16. The Morgan fingerprint density at radius 1 is 1.28 bits per heavy atom. The van der Waals surface area contributed by atoms with Crippen LogP contribution in [0, 0.1) is 0 Å². The topological polar surface area (TPSA) is 90.5 Å². The number of likely N-dealkylation sites (N-methyl/N-ethyl adjacent to an activating group) is 1. The van der Waals surface area contributed by atoms with Crippen LogP contribution < -0.4 is 16.0 Å². The lowest BCUT2D eigenvalue weighted by Crippen LogP contribution is -2.53. The van der Waals surface area contributed by atoms with Crippen LogP contribution in [0.3, 0.4) is 0 Å². The summed E-state index contributed by atoms with van der Waals surface area (Å²) < 4.78 is 0. The number of phenolic OH excluding ortho intramolecular Hbond substituents is 1. The highest BCUT2D eigenvalue weighted by atomic mass is 16.3. The monoisotopic (exact) mass is 342 g/mol. The Kier molecular flexibility index (Phi) is 5.35. The zero-order chi connectivity index (χ0) is 17.8. The molecule has 2 heterocycles. The number of nitrogens with zero attached hydrogens (tertiary/aromatic N) is 4. The maximum absolute atomic E-state index is 10.1. The van der Waals surface area contributed by atoms with Gasteiger partial charge in [0.05, 0.1) is 11.4 Å². The van der Waals surface area contributed by atoms with Crippen molar-refractivity contribution in [1.82, 2.24) is 20.4 Å². The molecule has 1 fully saturated rings. The molecule has 1 aromatic carbocycles. The van der Waals surface area contributed by atoms with E-state index in [0.717, 1.165) is 38.4 Å². The van der Waals surface area contributed by atoms with Crippen molar-refractivity contribution in [2.24, 2.45) is 0 Å². The number of aromatic hydroxyl groups is 1. The zero-order valence-electron chi connectivity index (χ0n) is 14.8. The Bertz CT molecular complexity index is 722. The summed E-state index contributed by atoms with van der Waals surface area (Å²) in [5.41, 5.74) is 8.27. The van der Waals surface area contributed by atoms with Crippen molar-refractivity contribution < 1.29 is 5.11 Å². The van der Waals surface area contributed by atoms with Gasteiger partial charge in [0, 0.05) is 44.3 Å². The second-order valence-corrected chi connectivity index (χ2v) is 6.45. The minimum atomic E-state index is 0.192. The van der Waals surface area contributed by atoms with Crippen LogP contribution in [0.2, 0.25) is 0 Å². The Morgan fingerprint density at radius 2 is 2.08 bits per heavy atom. The third-order valence-electron chi connectivity index (χ3n) is 4.74. The van der Waals surface area contributed by atoms with Gasteiger partial charge in [-0.3, -0.25) is 4.90 Å². The second-order valence-electron chi connectivity index (χ2n) is 6.45. The quantitative estimate of drug-likeness (QED) is 0.751. The molecule has 7 heteroatoms. The van der Waals surface area contributed by atoms with E-state index in [9.17, 15) is 5.11 Å². The van der Waals surface area contributed by atoms with Gasteiger partial charge in [0.1, 0.15) is 5.75 Å². The summed E-state index contributed by atoms with van der Waals surface area (Å²) in [7, 11) is 1.98. The van der Waals surface area contributed by atoms with E-state index in [1.165, 1.54) is 0 Å². The molecule has 3 rings (SSSR count). The lowest BCUT2D eigenvalue weighted by Gasteiger charge is -2.41. The van der Waals surface area contributed by atoms with Crippen molar-refractivity contribution in [3.8, 4) is 17.0 Å². The van der Waals surface area contributed by atoms with Crippen molar-refractivity contribution >= 4 is 11.5 Å². The van der Waals surface area contributed by atoms with E-state index < -0.39 is 0 Å². The number of benzene rings is 1. The van der Waals surface area contributed by atoms with Gasteiger partial charge < -0.3 is 21.1 Å². The number of phenols is 1. The molecule has 0 bridgehead atoms. The highest BCUT2D eigenvalue weighted by molar-refractivity contribution is 5.74. The molecule has 1 aliphatic rings. The summed E-state index contributed by atoms with van der Waals surface area (Å²) >= 11 is 0. The lowest BCUT2D eigenvalue weighted by atomic mass is 10.1. The minimum absolute atomic E-state index is 0.192. The number of nitrogens with one attached hydrogen (secondary N) is 1. The number of rotatable bonds is 5. The second kappa shape index (κ2) is 7.67. The van der Waals surface area contributed by atoms with E-state index in [1.807, 2.05) is 25.2 Å². The standard InChI is InChI=1S/C18H26N6O/c1-13-12-24(10-9-23(13)8-7-20-2)16-11-15(21-22-18(16)19)14-5-3-4-6-17(14)25/h3-6,11,13,20,25H,7-10,12H2,1-2H3,(H2,19,22). The first-order valence-corrected chi connectivity index (χ1v) is 8.65. The number of aromatic nitrogens is 2. The molecule has 25 heavy (non-hydrogen) atoms. The lowest BCUT2D eigenvalue weighted by molar-refractivity contribution is 0.191. The first-order valence-electron chi connectivity index (χ1n) is 8.65.